The summed E-state index contributed by atoms with van der Waals surface area (Å²) in [6, 6.07) is 0. The molecule has 2 aliphatic rings. The van der Waals surface area contributed by atoms with Crippen molar-refractivity contribution >= 4 is 11.9 Å². The Labute approximate surface area is 156 Å². The van der Waals surface area contributed by atoms with E-state index in [0.29, 0.717) is 26.0 Å². The smallest absolute Gasteiger partial charge is 0.328 e. The summed E-state index contributed by atoms with van der Waals surface area (Å²) in [6.45, 7) is 3.43. The highest BCUT2D eigenvalue weighted by molar-refractivity contribution is 5.94. The Balaban J connectivity index is 1.79. The maximum atomic E-state index is 12.9. The van der Waals surface area contributed by atoms with Gasteiger partial charge in [0.25, 0.3) is 11.5 Å². The summed E-state index contributed by atoms with van der Waals surface area (Å²) in [5.74, 6) is -1.20. The number of amides is 1. The second-order valence-electron chi connectivity index (χ2n) is 6.90. The quantitative estimate of drug-likeness (QED) is 0.728. The molecule has 0 radical (unpaired) electrons. The number of rotatable bonds is 5. The lowest BCUT2D eigenvalue weighted by molar-refractivity contribution is -0.149. The number of carbonyl (C=O) groups excluding carboxylic acids is 2. The van der Waals surface area contributed by atoms with Gasteiger partial charge in [-0.05, 0) is 32.6 Å². The first-order valence-corrected chi connectivity index (χ1v) is 9.41. The minimum atomic E-state index is -0.627. The number of hydrogen-bond acceptors (Lipinski definition) is 6. The largest absolute Gasteiger partial charge is 0.466 e. The Bertz CT molecular complexity index is 808. The number of carbonyl (C=O) groups is 2. The summed E-state index contributed by atoms with van der Waals surface area (Å²) >= 11 is 0. The van der Waals surface area contributed by atoms with Gasteiger partial charge in [-0.2, -0.15) is 0 Å². The number of likely N-dealkylation sites (tertiary alicyclic amines) is 1. The molecule has 3 rings (SSSR count). The van der Waals surface area contributed by atoms with Crippen LogP contribution in [-0.4, -0.2) is 58.7 Å². The highest BCUT2D eigenvalue weighted by Crippen LogP contribution is 2.19. The van der Waals surface area contributed by atoms with E-state index in [2.05, 4.69) is 4.98 Å². The molecular formula is C18H25N3O6. The number of aromatic amines is 1. The lowest BCUT2D eigenvalue weighted by atomic mass is 9.97. The summed E-state index contributed by atoms with van der Waals surface area (Å²) < 4.78 is 11.6. The Hall–Kier alpha value is -2.42. The molecule has 148 valence electrons. The Morgan fingerprint density at radius 1 is 1.30 bits per heavy atom. The third-order valence-corrected chi connectivity index (χ3v) is 5.03. The van der Waals surface area contributed by atoms with E-state index in [4.69, 9.17) is 9.47 Å². The van der Waals surface area contributed by atoms with Gasteiger partial charge in [0.2, 0.25) is 0 Å². The predicted molar refractivity (Wildman–Crippen MR) is 95.6 cm³/mol. The molecular weight excluding hydrogens is 354 g/mol. The monoisotopic (exact) mass is 379 g/mol. The van der Waals surface area contributed by atoms with Gasteiger partial charge in [-0.1, -0.05) is 0 Å². The Kier molecular flexibility index (Phi) is 6.10. The first-order chi connectivity index (χ1) is 13.0. The van der Waals surface area contributed by atoms with Gasteiger partial charge in [0.05, 0.1) is 25.2 Å². The molecule has 0 saturated carbocycles. The zero-order chi connectivity index (χ0) is 19.4. The van der Waals surface area contributed by atoms with E-state index >= 15 is 0 Å². The highest BCUT2D eigenvalue weighted by Gasteiger charge is 2.31. The number of H-pyrrole nitrogens is 1. The molecule has 0 aromatic carbocycles. The van der Waals surface area contributed by atoms with Gasteiger partial charge < -0.3 is 19.4 Å². The van der Waals surface area contributed by atoms with E-state index in [1.165, 1.54) is 4.90 Å². The zero-order valence-corrected chi connectivity index (χ0v) is 15.4. The molecule has 2 saturated heterocycles. The predicted octanol–water partition coefficient (Wildman–Crippen LogP) is 0.131. The van der Waals surface area contributed by atoms with Gasteiger partial charge >= 0.3 is 11.7 Å². The molecule has 1 amide bonds. The molecule has 2 aliphatic heterocycles. The van der Waals surface area contributed by atoms with Crippen molar-refractivity contribution in [3.8, 4) is 0 Å². The van der Waals surface area contributed by atoms with Gasteiger partial charge in [-0.3, -0.25) is 19.0 Å². The van der Waals surface area contributed by atoms with E-state index in [1.807, 2.05) is 0 Å². The standard InChI is InChI=1S/C18H25N3O6/c1-2-26-17(24)12-5-3-7-20(10-12)15(22)14-9-19-18(25)21(16(14)23)11-13-6-4-8-27-13/h9,12-13H,2-8,10-11H2,1H3,(H,19,25). The molecule has 0 spiro atoms. The van der Waals surface area contributed by atoms with Crippen LogP contribution >= 0.6 is 0 Å². The maximum Gasteiger partial charge on any atom is 0.328 e. The Morgan fingerprint density at radius 2 is 2.11 bits per heavy atom. The van der Waals surface area contributed by atoms with Crippen molar-refractivity contribution in [3.63, 3.8) is 0 Å². The number of nitrogens with one attached hydrogen (secondary N) is 1. The van der Waals surface area contributed by atoms with Crippen LogP contribution < -0.4 is 11.2 Å². The number of piperidine rings is 1. The normalized spacial score (nSPS) is 22.6. The van der Waals surface area contributed by atoms with E-state index in [-0.39, 0.29) is 43.3 Å². The lowest BCUT2D eigenvalue weighted by Crippen LogP contribution is -2.47. The van der Waals surface area contributed by atoms with Crippen molar-refractivity contribution in [1.82, 2.24) is 14.5 Å². The maximum absolute atomic E-state index is 12.9. The number of nitrogens with zero attached hydrogens (tertiary/aromatic N) is 2. The summed E-state index contributed by atoms with van der Waals surface area (Å²) in [4.78, 5) is 53.6. The lowest BCUT2D eigenvalue weighted by Gasteiger charge is -2.31. The molecule has 2 fully saturated rings. The topological polar surface area (TPSA) is 111 Å². The number of aromatic nitrogens is 2. The first-order valence-electron chi connectivity index (χ1n) is 9.41. The van der Waals surface area contributed by atoms with E-state index in [1.54, 1.807) is 6.92 Å². The van der Waals surface area contributed by atoms with Crippen LogP contribution in [0.2, 0.25) is 0 Å². The van der Waals surface area contributed by atoms with Crippen molar-refractivity contribution in [2.75, 3.05) is 26.3 Å². The first kappa shape index (κ1) is 19.3. The van der Waals surface area contributed by atoms with Crippen LogP contribution in [0.15, 0.2) is 15.8 Å². The number of hydrogen-bond donors (Lipinski definition) is 1. The molecule has 9 heteroatoms. The van der Waals surface area contributed by atoms with Crippen LogP contribution in [0.4, 0.5) is 0 Å². The average Bonchev–Trinajstić information content (AvgIpc) is 3.18. The third-order valence-electron chi connectivity index (χ3n) is 5.03. The molecule has 0 bridgehead atoms. The molecule has 2 atom stereocenters. The SMILES string of the molecule is CCOC(=O)C1CCCN(C(=O)c2c[nH]c(=O)n(CC3CCCO3)c2=O)C1. The van der Waals surface area contributed by atoms with Crippen molar-refractivity contribution in [2.24, 2.45) is 5.92 Å². The molecule has 1 aromatic rings. The van der Waals surface area contributed by atoms with E-state index < -0.39 is 17.2 Å². The fourth-order valence-corrected chi connectivity index (χ4v) is 3.61. The van der Waals surface area contributed by atoms with Crippen LogP contribution in [0.3, 0.4) is 0 Å². The molecule has 27 heavy (non-hydrogen) atoms. The summed E-state index contributed by atoms with van der Waals surface area (Å²) in [5.41, 5.74) is -1.29. The van der Waals surface area contributed by atoms with Gasteiger partial charge in [0.1, 0.15) is 5.56 Å². The van der Waals surface area contributed by atoms with Crippen molar-refractivity contribution in [1.29, 1.82) is 0 Å². The van der Waals surface area contributed by atoms with Gasteiger partial charge in [-0.15, -0.1) is 0 Å². The van der Waals surface area contributed by atoms with E-state index in [0.717, 1.165) is 23.6 Å². The molecule has 0 aliphatic carbocycles. The summed E-state index contributed by atoms with van der Waals surface area (Å²) in [6.07, 6.45) is 3.93. The molecule has 9 nitrogen and oxygen atoms in total. The van der Waals surface area contributed by atoms with E-state index in [9.17, 15) is 19.2 Å². The van der Waals surface area contributed by atoms with Crippen LogP contribution in [0, 0.1) is 5.92 Å². The minimum absolute atomic E-state index is 0.0999. The Morgan fingerprint density at radius 3 is 2.81 bits per heavy atom. The second kappa shape index (κ2) is 8.51. The molecule has 2 unspecified atom stereocenters. The minimum Gasteiger partial charge on any atom is -0.466 e. The fourth-order valence-electron chi connectivity index (χ4n) is 3.61. The number of ether oxygens (including phenoxy) is 2. The van der Waals surface area contributed by atoms with Crippen molar-refractivity contribution in [2.45, 2.75) is 45.3 Å². The highest BCUT2D eigenvalue weighted by atomic mass is 16.5. The molecule has 1 aromatic heterocycles. The fraction of sp³-hybridized carbons (Fsp3) is 0.667. The summed E-state index contributed by atoms with van der Waals surface area (Å²) in [5, 5.41) is 0. The van der Waals surface area contributed by atoms with Crippen LogP contribution in [0.25, 0.3) is 0 Å². The molecule has 3 heterocycles. The summed E-state index contributed by atoms with van der Waals surface area (Å²) in [7, 11) is 0. The van der Waals surface area contributed by atoms with Gasteiger partial charge in [0, 0.05) is 25.9 Å². The van der Waals surface area contributed by atoms with Crippen LogP contribution in [0.5, 0.6) is 0 Å². The van der Waals surface area contributed by atoms with Gasteiger partial charge in [0.15, 0.2) is 0 Å². The van der Waals surface area contributed by atoms with Crippen LogP contribution in [0.1, 0.15) is 43.0 Å². The van der Waals surface area contributed by atoms with Crippen LogP contribution in [-0.2, 0) is 20.8 Å². The zero-order valence-electron chi connectivity index (χ0n) is 15.4. The third kappa shape index (κ3) is 4.29. The number of esters is 1. The van der Waals surface area contributed by atoms with Crippen molar-refractivity contribution < 1.29 is 19.1 Å². The second-order valence-corrected chi connectivity index (χ2v) is 6.90. The average molecular weight is 379 g/mol. The van der Waals surface area contributed by atoms with Crippen molar-refractivity contribution in [3.05, 3.63) is 32.6 Å². The van der Waals surface area contributed by atoms with Gasteiger partial charge in [-0.25, -0.2) is 4.79 Å². The molecule has 1 N–H and O–H groups in total.